The van der Waals surface area contributed by atoms with Crippen LogP contribution >= 0.6 is 15.9 Å². The molecule has 0 saturated heterocycles. The molecular weight excluding hydrogens is 320 g/mol. The fourth-order valence-corrected chi connectivity index (χ4v) is 3.17. The number of halogens is 1. The van der Waals surface area contributed by atoms with Crippen molar-refractivity contribution in [2.24, 2.45) is 0 Å². The van der Waals surface area contributed by atoms with Crippen molar-refractivity contribution >= 4 is 15.9 Å². The first-order valence-electron chi connectivity index (χ1n) is 7.08. The minimum atomic E-state index is 1.11. The molecule has 0 nitrogen and oxygen atoms in total. The molecule has 21 heavy (non-hydrogen) atoms. The fourth-order valence-electron chi connectivity index (χ4n) is 2.77. The molecule has 3 aromatic carbocycles. The normalized spacial score (nSPS) is 10.6. The molecule has 1 heteroatoms. The van der Waals surface area contributed by atoms with Crippen LogP contribution < -0.4 is 0 Å². The smallest absolute Gasteiger partial charge is 0.0181 e. The van der Waals surface area contributed by atoms with Gasteiger partial charge in [0.2, 0.25) is 0 Å². The van der Waals surface area contributed by atoms with Crippen LogP contribution in [-0.2, 0) is 0 Å². The van der Waals surface area contributed by atoms with Gasteiger partial charge >= 0.3 is 0 Å². The third-order valence-electron chi connectivity index (χ3n) is 3.90. The molecule has 0 aliphatic heterocycles. The predicted octanol–water partition coefficient (Wildman–Crippen LogP) is 6.40. The highest BCUT2D eigenvalue weighted by Gasteiger charge is 2.09. The van der Waals surface area contributed by atoms with Gasteiger partial charge in [0.05, 0.1) is 0 Å². The van der Waals surface area contributed by atoms with E-state index in [0.717, 1.165) is 4.47 Å². The van der Waals surface area contributed by atoms with E-state index >= 15 is 0 Å². The molecule has 0 aromatic heterocycles. The summed E-state index contributed by atoms with van der Waals surface area (Å²) in [6.45, 7) is 4.37. The summed E-state index contributed by atoms with van der Waals surface area (Å²) < 4.78 is 1.11. The molecule has 0 atom stereocenters. The van der Waals surface area contributed by atoms with Crippen LogP contribution in [0.4, 0.5) is 0 Å². The summed E-state index contributed by atoms with van der Waals surface area (Å²) in [6.07, 6.45) is 0. The van der Waals surface area contributed by atoms with Crippen LogP contribution in [0.3, 0.4) is 0 Å². The Hall–Kier alpha value is -1.86. The Bertz CT molecular complexity index is 787. The molecule has 3 aromatic rings. The number of hydrogen-bond acceptors (Lipinski definition) is 0. The minimum Gasteiger partial charge on any atom is -0.0620 e. The van der Waals surface area contributed by atoms with Crippen LogP contribution in [0.25, 0.3) is 22.3 Å². The van der Waals surface area contributed by atoms with Gasteiger partial charge in [-0.05, 0) is 59.4 Å². The quantitative estimate of drug-likeness (QED) is 0.507. The highest BCUT2D eigenvalue weighted by Crippen LogP contribution is 2.33. The lowest BCUT2D eigenvalue weighted by Crippen LogP contribution is -1.90. The lowest BCUT2D eigenvalue weighted by molar-refractivity contribution is 1.40. The van der Waals surface area contributed by atoms with Crippen molar-refractivity contribution in [3.05, 3.63) is 82.3 Å². The first kappa shape index (κ1) is 14.1. The Morgan fingerprint density at radius 2 is 1.33 bits per heavy atom. The first-order valence-corrected chi connectivity index (χ1v) is 7.87. The van der Waals surface area contributed by atoms with Gasteiger partial charge in [-0.3, -0.25) is 0 Å². The zero-order chi connectivity index (χ0) is 14.8. The molecule has 0 saturated carbocycles. The molecule has 0 spiro atoms. The van der Waals surface area contributed by atoms with Gasteiger partial charge in [0, 0.05) is 4.47 Å². The van der Waals surface area contributed by atoms with Crippen LogP contribution in [0.5, 0.6) is 0 Å². The second-order valence-electron chi connectivity index (χ2n) is 5.30. The molecule has 104 valence electrons. The highest BCUT2D eigenvalue weighted by atomic mass is 79.9. The van der Waals surface area contributed by atoms with Gasteiger partial charge in [-0.1, -0.05) is 70.5 Å². The minimum absolute atomic E-state index is 1.11. The Morgan fingerprint density at radius 3 is 2.10 bits per heavy atom. The topological polar surface area (TPSA) is 0 Å². The molecule has 0 aliphatic rings. The lowest BCUT2D eigenvalue weighted by Gasteiger charge is -2.14. The lowest BCUT2D eigenvalue weighted by atomic mass is 9.91. The average Bonchev–Trinajstić information content (AvgIpc) is 2.48. The van der Waals surface area contributed by atoms with E-state index in [1.165, 1.54) is 33.4 Å². The second-order valence-corrected chi connectivity index (χ2v) is 6.22. The maximum atomic E-state index is 3.56. The Kier molecular flexibility index (Phi) is 3.94. The van der Waals surface area contributed by atoms with Crippen LogP contribution in [0.1, 0.15) is 11.1 Å². The SMILES string of the molecule is Cc1ccccc1-c1cccc(-c2cccc(Br)c2)c1C. The van der Waals surface area contributed by atoms with Crippen molar-refractivity contribution in [2.75, 3.05) is 0 Å². The van der Waals surface area contributed by atoms with E-state index in [4.69, 9.17) is 0 Å². The molecule has 0 radical (unpaired) electrons. The highest BCUT2D eigenvalue weighted by molar-refractivity contribution is 9.10. The summed E-state index contributed by atoms with van der Waals surface area (Å²) >= 11 is 3.56. The molecule has 3 rings (SSSR count). The molecule has 0 bridgehead atoms. The van der Waals surface area contributed by atoms with Crippen molar-refractivity contribution in [3.8, 4) is 22.3 Å². The molecule has 0 fully saturated rings. The van der Waals surface area contributed by atoms with Gasteiger partial charge in [0.25, 0.3) is 0 Å². The Morgan fingerprint density at radius 1 is 0.667 bits per heavy atom. The van der Waals surface area contributed by atoms with Gasteiger partial charge in [0.1, 0.15) is 0 Å². The van der Waals surface area contributed by atoms with E-state index in [2.05, 4.69) is 96.5 Å². The van der Waals surface area contributed by atoms with Crippen LogP contribution in [0.2, 0.25) is 0 Å². The van der Waals surface area contributed by atoms with E-state index in [1.807, 2.05) is 0 Å². The predicted molar refractivity (Wildman–Crippen MR) is 94.5 cm³/mol. The number of rotatable bonds is 2. The van der Waals surface area contributed by atoms with E-state index < -0.39 is 0 Å². The van der Waals surface area contributed by atoms with Crippen molar-refractivity contribution < 1.29 is 0 Å². The van der Waals surface area contributed by atoms with Gasteiger partial charge in [0.15, 0.2) is 0 Å². The Balaban J connectivity index is 2.18. The van der Waals surface area contributed by atoms with Crippen LogP contribution in [-0.4, -0.2) is 0 Å². The maximum Gasteiger partial charge on any atom is 0.0181 e. The summed E-state index contributed by atoms with van der Waals surface area (Å²) in [5.74, 6) is 0. The van der Waals surface area contributed by atoms with Crippen molar-refractivity contribution in [1.29, 1.82) is 0 Å². The van der Waals surface area contributed by atoms with E-state index in [-0.39, 0.29) is 0 Å². The fraction of sp³-hybridized carbons (Fsp3) is 0.100. The van der Waals surface area contributed by atoms with Gasteiger partial charge in [-0.15, -0.1) is 0 Å². The summed E-state index contributed by atoms with van der Waals surface area (Å²) in [5, 5.41) is 0. The number of hydrogen-bond donors (Lipinski definition) is 0. The molecule has 0 aliphatic carbocycles. The van der Waals surface area contributed by atoms with E-state index in [0.29, 0.717) is 0 Å². The number of benzene rings is 3. The number of aryl methyl sites for hydroxylation is 1. The van der Waals surface area contributed by atoms with Crippen LogP contribution in [0, 0.1) is 13.8 Å². The second kappa shape index (κ2) is 5.87. The zero-order valence-electron chi connectivity index (χ0n) is 12.2. The van der Waals surface area contributed by atoms with Gasteiger partial charge in [-0.2, -0.15) is 0 Å². The van der Waals surface area contributed by atoms with Crippen molar-refractivity contribution in [2.45, 2.75) is 13.8 Å². The summed E-state index contributed by atoms with van der Waals surface area (Å²) in [5.41, 5.74) is 7.80. The molecule has 0 amide bonds. The third-order valence-corrected chi connectivity index (χ3v) is 4.40. The molecule has 0 heterocycles. The molecule has 0 unspecified atom stereocenters. The Labute approximate surface area is 134 Å². The first-order chi connectivity index (χ1) is 10.2. The summed E-state index contributed by atoms with van der Waals surface area (Å²) in [6, 6.07) is 23.6. The van der Waals surface area contributed by atoms with Gasteiger partial charge in [-0.25, -0.2) is 0 Å². The largest absolute Gasteiger partial charge is 0.0620 e. The van der Waals surface area contributed by atoms with Crippen molar-refractivity contribution in [1.82, 2.24) is 0 Å². The maximum absolute atomic E-state index is 3.56. The van der Waals surface area contributed by atoms with E-state index in [9.17, 15) is 0 Å². The molecule has 0 N–H and O–H groups in total. The summed E-state index contributed by atoms with van der Waals surface area (Å²) in [7, 11) is 0. The third kappa shape index (κ3) is 2.79. The van der Waals surface area contributed by atoms with Gasteiger partial charge < -0.3 is 0 Å². The molecular formula is C20H17Br. The van der Waals surface area contributed by atoms with Crippen molar-refractivity contribution in [3.63, 3.8) is 0 Å². The van der Waals surface area contributed by atoms with E-state index in [1.54, 1.807) is 0 Å². The zero-order valence-corrected chi connectivity index (χ0v) is 13.8. The standard InChI is InChI=1S/C20H17Br/c1-14-7-3-4-10-18(14)20-12-6-11-19(15(20)2)16-8-5-9-17(21)13-16/h3-13H,1-2H3. The summed E-state index contributed by atoms with van der Waals surface area (Å²) in [4.78, 5) is 0. The van der Waals surface area contributed by atoms with Crippen LogP contribution in [0.15, 0.2) is 71.2 Å². The average molecular weight is 337 g/mol. The monoisotopic (exact) mass is 336 g/mol.